The fourth-order valence-corrected chi connectivity index (χ4v) is 1.91. The summed E-state index contributed by atoms with van der Waals surface area (Å²) in [6.07, 6.45) is 1.58. The molecule has 0 spiro atoms. The van der Waals surface area contributed by atoms with Gasteiger partial charge in [-0.05, 0) is 43.3 Å². The van der Waals surface area contributed by atoms with Gasteiger partial charge in [0.1, 0.15) is 11.5 Å². The van der Waals surface area contributed by atoms with Crippen LogP contribution in [0.4, 0.5) is 15.8 Å². The van der Waals surface area contributed by atoms with E-state index in [1.54, 1.807) is 42.4 Å². The second kappa shape index (κ2) is 6.14. The first kappa shape index (κ1) is 14.0. The second-order valence-corrected chi connectivity index (χ2v) is 4.21. The molecule has 0 saturated heterocycles. The Balaban J connectivity index is 2.31. The number of benzene rings is 1. The number of pyridine rings is 1. The number of hydrogen-bond donors (Lipinski definition) is 1. The second-order valence-electron chi connectivity index (χ2n) is 4.21. The van der Waals surface area contributed by atoms with E-state index in [2.05, 4.69) is 10.3 Å². The van der Waals surface area contributed by atoms with E-state index < -0.39 is 0 Å². The molecule has 0 fully saturated rings. The number of nitrogens with zero attached hydrogens (tertiary/aromatic N) is 2. The van der Waals surface area contributed by atoms with Crippen molar-refractivity contribution in [3.05, 3.63) is 54.1 Å². The Kier molecular flexibility index (Phi) is 4.30. The van der Waals surface area contributed by atoms with Crippen LogP contribution in [0.1, 0.15) is 17.4 Å². The minimum Gasteiger partial charge on any atom is -0.388 e. The zero-order valence-electron chi connectivity index (χ0n) is 11.4. The Labute approximate surface area is 117 Å². The first-order valence-electron chi connectivity index (χ1n) is 6.37. The zero-order valence-corrected chi connectivity index (χ0v) is 11.4. The van der Waals surface area contributed by atoms with Gasteiger partial charge in [0.2, 0.25) is 0 Å². The van der Waals surface area contributed by atoms with Crippen molar-refractivity contribution in [3.63, 3.8) is 0 Å². The Morgan fingerprint density at radius 1 is 1.30 bits per heavy atom. The number of amides is 1. The van der Waals surface area contributed by atoms with E-state index in [0.29, 0.717) is 17.9 Å². The molecule has 1 N–H and O–H groups in total. The van der Waals surface area contributed by atoms with Gasteiger partial charge in [-0.15, -0.1) is 0 Å². The van der Waals surface area contributed by atoms with E-state index in [1.807, 2.05) is 6.92 Å². The summed E-state index contributed by atoms with van der Waals surface area (Å²) >= 11 is 0. The van der Waals surface area contributed by atoms with E-state index in [9.17, 15) is 9.18 Å². The third-order valence-corrected chi connectivity index (χ3v) is 2.97. The van der Waals surface area contributed by atoms with Crippen molar-refractivity contribution < 1.29 is 9.18 Å². The monoisotopic (exact) mass is 273 g/mol. The lowest BCUT2D eigenvalue weighted by atomic mass is 10.2. The van der Waals surface area contributed by atoms with Gasteiger partial charge in [0.15, 0.2) is 0 Å². The van der Waals surface area contributed by atoms with Crippen LogP contribution in [0.3, 0.4) is 0 Å². The maximum atomic E-state index is 13.0. The number of rotatable bonds is 4. The van der Waals surface area contributed by atoms with Crippen LogP contribution in [0.2, 0.25) is 0 Å². The molecule has 2 rings (SSSR count). The summed E-state index contributed by atoms with van der Waals surface area (Å²) in [7, 11) is 1.78. The van der Waals surface area contributed by atoms with Gasteiger partial charge in [-0.1, -0.05) is 0 Å². The Morgan fingerprint density at radius 3 is 2.60 bits per heavy atom. The molecule has 104 valence electrons. The summed E-state index contributed by atoms with van der Waals surface area (Å²) in [5.41, 5.74) is 1.82. The molecule has 0 aliphatic heterocycles. The smallest absolute Gasteiger partial charge is 0.276 e. The highest BCUT2D eigenvalue weighted by Gasteiger charge is 2.17. The van der Waals surface area contributed by atoms with Gasteiger partial charge in [0.05, 0.1) is 0 Å². The van der Waals surface area contributed by atoms with Crippen molar-refractivity contribution in [2.75, 3.05) is 23.8 Å². The first-order chi connectivity index (χ1) is 9.65. The van der Waals surface area contributed by atoms with E-state index >= 15 is 0 Å². The quantitative estimate of drug-likeness (QED) is 0.931. The van der Waals surface area contributed by atoms with Crippen molar-refractivity contribution in [1.82, 2.24) is 4.98 Å². The SMILES string of the molecule is CCN(C(=O)c1cc(NC)ccn1)c1ccc(F)cc1. The topological polar surface area (TPSA) is 45.2 Å². The van der Waals surface area contributed by atoms with Gasteiger partial charge in [-0.3, -0.25) is 9.78 Å². The summed E-state index contributed by atoms with van der Waals surface area (Å²) in [6.45, 7) is 2.35. The highest BCUT2D eigenvalue weighted by Crippen LogP contribution is 2.18. The van der Waals surface area contributed by atoms with Crippen molar-refractivity contribution >= 4 is 17.3 Å². The minimum absolute atomic E-state index is 0.212. The summed E-state index contributed by atoms with van der Waals surface area (Å²) in [6, 6.07) is 9.31. The van der Waals surface area contributed by atoms with Crippen LogP contribution < -0.4 is 10.2 Å². The fourth-order valence-electron chi connectivity index (χ4n) is 1.91. The van der Waals surface area contributed by atoms with Gasteiger partial charge < -0.3 is 10.2 Å². The van der Waals surface area contributed by atoms with Crippen LogP contribution in [0, 0.1) is 5.82 Å². The third kappa shape index (κ3) is 2.93. The lowest BCUT2D eigenvalue weighted by molar-refractivity contribution is 0.0983. The molecule has 4 nitrogen and oxygen atoms in total. The van der Waals surface area contributed by atoms with Crippen LogP contribution in [0.25, 0.3) is 0 Å². The maximum Gasteiger partial charge on any atom is 0.276 e. The van der Waals surface area contributed by atoms with Gasteiger partial charge in [-0.2, -0.15) is 0 Å². The zero-order chi connectivity index (χ0) is 14.5. The van der Waals surface area contributed by atoms with E-state index in [1.165, 1.54) is 12.1 Å². The molecule has 0 unspecified atom stereocenters. The molecule has 20 heavy (non-hydrogen) atoms. The summed E-state index contributed by atoms with van der Waals surface area (Å²) in [5, 5.41) is 2.97. The van der Waals surface area contributed by atoms with Crippen molar-refractivity contribution in [1.29, 1.82) is 0 Å². The predicted octanol–water partition coefficient (Wildman–Crippen LogP) is 2.93. The number of carbonyl (C=O) groups is 1. The Hall–Kier alpha value is -2.43. The highest BCUT2D eigenvalue weighted by molar-refractivity contribution is 6.05. The van der Waals surface area contributed by atoms with Gasteiger partial charge in [0, 0.05) is 31.2 Å². The van der Waals surface area contributed by atoms with Crippen LogP contribution in [0.15, 0.2) is 42.6 Å². The fraction of sp³-hybridized carbons (Fsp3) is 0.200. The molecule has 5 heteroatoms. The Bertz CT molecular complexity index is 598. The largest absolute Gasteiger partial charge is 0.388 e. The van der Waals surface area contributed by atoms with E-state index in [-0.39, 0.29) is 11.7 Å². The van der Waals surface area contributed by atoms with Crippen molar-refractivity contribution in [2.45, 2.75) is 6.92 Å². The molecule has 0 saturated carbocycles. The standard InChI is InChI=1S/C15H16FN3O/c1-3-19(13-6-4-11(16)5-7-13)15(20)14-10-12(17-2)8-9-18-14/h4-10H,3H2,1-2H3,(H,17,18). The lowest BCUT2D eigenvalue weighted by Gasteiger charge is -2.20. The molecule has 0 bridgehead atoms. The van der Waals surface area contributed by atoms with Gasteiger partial charge >= 0.3 is 0 Å². The van der Waals surface area contributed by atoms with E-state index in [0.717, 1.165) is 5.69 Å². The molecule has 2 aromatic rings. The maximum absolute atomic E-state index is 13.0. The molecule has 0 aliphatic carbocycles. The average molecular weight is 273 g/mol. The third-order valence-electron chi connectivity index (χ3n) is 2.97. The van der Waals surface area contributed by atoms with Crippen molar-refractivity contribution in [3.8, 4) is 0 Å². The first-order valence-corrected chi connectivity index (χ1v) is 6.37. The number of aromatic nitrogens is 1. The van der Waals surface area contributed by atoms with Crippen LogP contribution in [0.5, 0.6) is 0 Å². The van der Waals surface area contributed by atoms with Gasteiger partial charge in [-0.25, -0.2) is 4.39 Å². The molecule has 1 heterocycles. The molecule has 0 aliphatic rings. The number of anilines is 2. The minimum atomic E-state index is -0.326. The molecule has 0 atom stereocenters. The lowest BCUT2D eigenvalue weighted by Crippen LogP contribution is -2.31. The molecule has 1 aromatic carbocycles. The number of carbonyl (C=O) groups excluding carboxylic acids is 1. The normalized spacial score (nSPS) is 10.2. The summed E-state index contributed by atoms with van der Waals surface area (Å²) in [5.74, 6) is -0.538. The average Bonchev–Trinajstić information content (AvgIpc) is 2.50. The van der Waals surface area contributed by atoms with Crippen LogP contribution >= 0.6 is 0 Å². The number of hydrogen-bond acceptors (Lipinski definition) is 3. The van der Waals surface area contributed by atoms with E-state index in [4.69, 9.17) is 0 Å². The summed E-state index contributed by atoms with van der Waals surface area (Å²) < 4.78 is 13.0. The summed E-state index contributed by atoms with van der Waals surface area (Å²) in [4.78, 5) is 18.1. The Morgan fingerprint density at radius 2 is 2.00 bits per heavy atom. The molecular weight excluding hydrogens is 257 g/mol. The highest BCUT2D eigenvalue weighted by atomic mass is 19.1. The molecule has 1 aromatic heterocycles. The van der Waals surface area contributed by atoms with Crippen LogP contribution in [-0.2, 0) is 0 Å². The number of halogens is 1. The van der Waals surface area contributed by atoms with Crippen LogP contribution in [-0.4, -0.2) is 24.5 Å². The van der Waals surface area contributed by atoms with Crippen molar-refractivity contribution in [2.24, 2.45) is 0 Å². The molecule has 1 amide bonds. The molecular formula is C15H16FN3O. The van der Waals surface area contributed by atoms with Gasteiger partial charge in [0.25, 0.3) is 5.91 Å². The predicted molar refractivity (Wildman–Crippen MR) is 77.5 cm³/mol. The number of nitrogens with one attached hydrogen (secondary N) is 1. The molecule has 0 radical (unpaired) electrons.